The molecule has 0 spiro atoms. The van der Waals surface area contributed by atoms with Crippen LogP contribution in [0.1, 0.15) is 30.5 Å². The minimum absolute atomic E-state index is 0.124. The average Bonchev–Trinajstić information content (AvgIpc) is 3.20. The first-order valence-corrected chi connectivity index (χ1v) is 11.3. The summed E-state index contributed by atoms with van der Waals surface area (Å²) in [7, 11) is 2.95. The van der Waals surface area contributed by atoms with Gasteiger partial charge in [0.15, 0.2) is 5.17 Å². The highest BCUT2D eigenvalue weighted by molar-refractivity contribution is 8.16. The summed E-state index contributed by atoms with van der Waals surface area (Å²) in [4.78, 5) is 32.3. The summed E-state index contributed by atoms with van der Waals surface area (Å²) in [5.74, 6) is 0.0153. The molecular weight excluding hydrogens is 438 g/mol. The van der Waals surface area contributed by atoms with Crippen molar-refractivity contribution >= 4 is 34.5 Å². The van der Waals surface area contributed by atoms with E-state index in [1.807, 2.05) is 65.8 Å². The number of nitrogens with zero attached hydrogens (tertiary/aromatic N) is 2. The first-order chi connectivity index (χ1) is 15.9. The zero-order valence-corrected chi connectivity index (χ0v) is 19.7. The van der Waals surface area contributed by atoms with Gasteiger partial charge in [0.1, 0.15) is 5.75 Å². The van der Waals surface area contributed by atoms with Crippen molar-refractivity contribution in [2.45, 2.75) is 26.3 Å². The van der Waals surface area contributed by atoms with Crippen LogP contribution < -0.4 is 10.1 Å². The lowest BCUT2D eigenvalue weighted by Crippen LogP contribution is -2.37. The number of rotatable bonds is 6. The lowest BCUT2D eigenvalue weighted by molar-refractivity contribution is -0.136. The zero-order valence-electron chi connectivity index (χ0n) is 18.9. The predicted octanol–water partition coefficient (Wildman–Crippen LogP) is 4.78. The number of anilines is 1. The molecule has 2 heterocycles. The second kappa shape index (κ2) is 9.54. The SMILES string of the molecule is COC(=O)C1=C(C)N=C2SC=C(CC(=O)Nc3ccc(C)cc3)N2[C@@H]1c1ccccc1OC. The number of nitrogens with one attached hydrogen (secondary N) is 1. The van der Waals surface area contributed by atoms with E-state index in [4.69, 9.17) is 9.47 Å². The molecule has 2 aliphatic rings. The second-order valence-corrected chi connectivity index (χ2v) is 8.55. The molecule has 0 radical (unpaired) electrons. The van der Waals surface area contributed by atoms with Crippen LogP contribution >= 0.6 is 11.8 Å². The summed E-state index contributed by atoms with van der Waals surface area (Å²) >= 11 is 1.43. The van der Waals surface area contributed by atoms with E-state index in [0.29, 0.717) is 22.2 Å². The number of hydrogen-bond donors (Lipinski definition) is 1. The van der Waals surface area contributed by atoms with Crippen molar-refractivity contribution in [3.05, 3.63) is 82.0 Å². The van der Waals surface area contributed by atoms with Gasteiger partial charge in [0.25, 0.3) is 0 Å². The summed E-state index contributed by atoms with van der Waals surface area (Å²) < 4.78 is 10.7. The molecule has 0 bridgehead atoms. The number of fused-ring (bicyclic) bond motifs is 1. The van der Waals surface area contributed by atoms with Gasteiger partial charge in [0.05, 0.1) is 38.0 Å². The van der Waals surface area contributed by atoms with Gasteiger partial charge in [-0.15, -0.1) is 0 Å². The number of thioether (sulfide) groups is 1. The molecule has 33 heavy (non-hydrogen) atoms. The van der Waals surface area contributed by atoms with Crippen LogP contribution in [0.4, 0.5) is 5.69 Å². The van der Waals surface area contributed by atoms with E-state index in [2.05, 4.69) is 10.3 Å². The van der Waals surface area contributed by atoms with Gasteiger partial charge in [-0.1, -0.05) is 47.7 Å². The lowest BCUT2D eigenvalue weighted by Gasteiger charge is -2.36. The van der Waals surface area contributed by atoms with Gasteiger partial charge in [0.2, 0.25) is 5.91 Å². The molecule has 0 saturated carbocycles. The Hall–Kier alpha value is -3.52. The van der Waals surface area contributed by atoms with Crippen LogP contribution in [0.15, 0.2) is 75.9 Å². The van der Waals surface area contributed by atoms with E-state index in [0.717, 1.165) is 22.5 Å². The number of carbonyl (C=O) groups is 2. The molecule has 1 atom stereocenters. The number of amides is 1. The van der Waals surface area contributed by atoms with Crippen LogP contribution in [0.3, 0.4) is 0 Å². The Labute approximate surface area is 197 Å². The van der Waals surface area contributed by atoms with Gasteiger partial charge < -0.3 is 19.7 Å². The molecule has 7 nitrogen and oxygen atoms in total. The standard InChI is InChI=1S/C25H25N3O4S/c1-15-9-11-17(12-10-15)27-21(29)13-18-14-33-25-26-16(2)22(24(30)32-4)23(28(18)25)19-7-5-6-8-20(19)31-3/h5-12,14,23H,13H2,1-4H3,(H,27,29)/t23-/m1/s1. The van der Waals surface area contributed by atoms with Crippen LogP contribution in [-0.4, -0.2) is 36.2 Å². The van der Waals surface area contributed by atoms with E-state index in [1.165, 1.54) is 18.9 Å². The summed E-state index contributed by atoms with van der Waals surface area (Å²) in [6, 6.07) is 14.6. The van der Waals surface area contributed by atoms with Crippen LogP contribution in [0.5, 0.6) is 5.75 Å². The summed E-state index contributed by atoms with van der Waals surface area (Å²) in [5.41, 5.74) is 4.38. The molecule has 2 aromatic carbocycles. The Balaban J connectivity index is 1.69. The number of amidine groups is 1. The normalized spacial score (nSPS) is 17.2. The minimum Gasteiger partial charge on any atom is -0.496 e. The highest BCUT2D eigenvalue weighted by Gasteiger charge is 2.42. The average molecular weight is 464 g/mol. The van der Waals surface area contributed by atoms with Gasteiger partial charge in [-0.2, -0.15) is 0 Å². The van der Waals surface area contributed by atoms with Crippen molar-refractivity contribution in [1.29, 1.82) is 0 Å². The molecule has 0 unspecified atom stereocenters. The minimum atomic E-state index is -0.533. The van der Waals surface area contributed by atoms with E-state index in [1.54, 1.807) is 14.0 Å². The highest BCUT2D eigenvalue weighted by atomic mass is 32.2. The van der Waals surface area contributed by atoms with E-state index in [-0.39, 0.29) is 12.3 Å². The molecule has 0 aliphatic carbocycles. The molecule has 1 N–H and O–H groups in total. The lowest BCUT2D eigenvalue weighted by atomic mass is 9.93. The number of methoxy groups -OCH3 is 2. The number of para-hydroxylation sites is 1. The molecule has 0 saturated heterocycles. The number of aryl methyl sites for hydroxylation is 1. The molecular formula is C25H25N3O4S. The third kappa shape index (κ3) is 4.52. The summed E-state index contributed by atoms with van der Waals surface area (Å²) in [5, 5.41) is 5.55. The third-order valence-electron chi connectivity index (χ3n) is 5.52. The van der Waals surface area contributed by atoms with Crippen LogP contribution in [0, 0.1) is 6.92 Å². The van der Waals surface area contributed by atoms with Gasteiger partial charge in [0, 0.05) is 16.9 Å². The largest absolute Gasteiger partial charge is 0.496 e. The molecule has 2 aliphatic heterocycles. The Morgan fingerprint density at radius 2 is 1.82 bits per heavy atom. The number of esters is 1. The maximum atomic E-state index is 12.9. The predicted molar refractivity (Wildman–Crippen MR) is 130 cm³/mol. The van der Waals surface area contributed by atoms with E-state index < -0.39 is 12.0 Å². The van der Waals surface area contributed by atoms with E-state index >= 15 is 0 Å². The number of benzene rings is 2. The second-order valence-electron chi connectivity index (χ2n) is 7.72. The maximum absolute atomic E-state index is 12.9. The molecule has 1 amide bonds. The highest BCUT2D eigenvalue weighted by Crippen LogP contribution is 2.46. The molecule has 8 heteroatoms. The number of ether oxygens (including phenoxy) is 2. The Kier molecular flexibility index (Phi) is 6.55. The Bertz CT molecular complexity index is 1180. The van der Waals surface area contributed by atoms with Crippen LogP contribution in [-0.2, 0) is 14.3 Å². The van der Waals surface area contributed by atoms with Crippen molar-refractivity contribution in [3.8, 4) is 5.75 Å². The fourth-order valence-corrected chi connectivity index (χ4v) is 4.90. The monoisotopic (exact) mass is 463 g/mol. The number of aliphatic imine (C=N–C) groups is 1. The maximum Gasteiger partial charge on any atom is 0.338 e. The van der Waals surface area contributed by atoms with Crippen molar-refractivity contribution in [2.24, 2.45) is 4.99 Å². The quantitative estimate of drug-likeness (QED) is 0.621. The first-order valence-electron chi connectivity index (χ1n) is 10.4. The Morgan fingerprint density at radius 1 is 1.09 bits per heavy atom. The van der Waals surface area contributed by atoms with Crippen LogP contribution in [0.25, 0.3) is 0 Å². The smallest absolute Gasteiger partial charge is 0.338 e. The summed E-state index contributed by atoms with van der Waals surface area (Å²) in [6.45, 7) is 3.79. The van der Waals surface area contributed by atoms with E-state index in [9.17, 15) is 9.59 Å². The Morgan fingerprint density at radius 3 is 2.52 bits per heavy atom. The van der Waals surface area contributed by atoms with Gasteiger partial charge >= 0.3 is 5.97 Å². The molecule has 170 valence electrons. The summed E-state index contributed by atoms with van der Waals surface area (Å²) in [6.07, 6.45) is 0.124. The van der Waals surface area contributed by atoms with Crippen molar-refractivity contribution in [2.75, 3.05) is 19.5 Å². The number of carbonyl (C=O) groups excluding carboxylic acids is 2. The molecule has 0 aromatic heterocycles. The number of allylic oxidation sites excluding steroid dienone is 1. The first kappa shape index (κ1) is 22.7. The van der Waals surface area contributed by atoms with Crippen molar-refractivity contribution in [3.63, 3.8) is 0 Å². The van der Waals surface area contributed by atoms with Crippen molar-refractivity contribution in [1.82, 2.24) is 4.90 Å². The third-order valence-corrected chi connectivity index (χ3v) is 6.41. The zero-order chi connectivity index (χ0) is 23.5. The fraction of sp³-hybridized carbons (Fsp3) is 0.240. The molecule has 2 aromatic rings. The van der Waals surface area contributed by atoms with Gasteiger partial charge in [-0.3, -0.25) is 4.79 Å². The van der Waals surface area contributed by atoms with Gasteiger partial charge in [-0.05, 0) is 37.5 Å². The number of hydrogen-bond acceptors (Lipinski definition) is 7. The van der Waals surface area contributed by atoms with Crippen molar-refractivity contribution < 1.29 is 19.1 Å². The fourth-order valence-electron chi connectivity index (χ4n) is 3.93. The molecule has 0 fully saturated rings. The topological polar surface area (TPSA) is 80.2 Å². The molecule has 4 rings (SSSR count). The van der Waals surface area contributed by atoms with Gasteiger partial charge in [-0.25, -0.2) is 9.79 Å². The van der Waals surface area contributed by atoms with Crippen LogP contribution in [0.2, 0.25) is 0 Å².